The van der Waals surface area contributed by atoms with Gasteiger partial charge in [-0.2, -0.15) is 0 Å². The molecule has 5 nitrogen and oxygen atoms in total. The predicted molar refractivity (Wildman–Crippen MR) is 126 cm³/mol. The van der Waals surface area contributed by atoms with Crippen LogP contribution in [0.3, 0.4) is 0 Å². The van der Waals surface area contributed by atoms with Crippen LogP contribution in [0.4, 0.5) is 11.4 Å². The van der Waals surface area contributed by atoms with Crippen molar-refractivity contribution in [1.82, 2.24) is 0 Å². The van der Waals surface area contributed by atoms with Gasteiger partial charge < -0.3 is 15.0 Å². The molecule has 0 spiro atoms. The lowest BCUT2D eigenvalue weighted by Crippen LogP contribution is -2.42. The molecule has 5 heteroatoms. The van der Waals surface area contributed by atoms with Crippen LogP contribution in [-0.4, -0.2) is 25.0 Å². The van der Waals surface area contributed by atoms with E-state index >= 15 is 0 Å². The van der Waals surface area contributed by atoms with Crippen molar-refractivity contribution in [3.63, 3.8) is 0 Å². The van der Waals surface area contributed by atoms with Gasteiger partial charge in [0.25, 0.3) is 5.91 Å². The third-order valence-electron chi connectivity index (χ3n) is 5.61. The first-order valence-corrected chi connectivity index (χ1v) is 11.2. The van der Waals surface area contributed by atoms with Gasteiger partial charge in [-0.1, -0.05) is 39.3 Å². The fourth-order valence-electron chi connectivity index (χ4n) is 3.65. The van der Waals surface area contributed by atoms with Crippen molar-refractivity contribution < 1.29 is 14.3 Å². The highest BCUT2D eigenvalue weighted by Crippen LogP contribution is 2.38. The van der Waals surface area contributed by atoms with Crippen molar-refractivity contribution in [1.29, 1.82) is 0 Å². The summed E-state index contributed by atoms with van der Waals surface area (Å²) in [6, 6.07) is 13.2. The minimum atomic E-state index is -0.611. The third kappa shape index (κ3) is 5.46. The minimum absolute atomic E-state index is 0.0434. The summed E-state index contributed by atoms with van der Waals surface area (Å²) in [7, 11) is 0. The molecule has 2 aromatic carbocycles. The third-order valence-corrected chi connectivity index (χ3v) is 5.61. The summed E-state index contributed by atoms with van der Waals surface area (Å²) < 4.78 is 5.98. The summed E-state index contributed by atoms with van der Waals surface area (Å²) in [5.74, 6) is 1.02. The molecule has 3 rings (SSSR count). The monoisotopic (exact) mass is 422 g/mol. The quantitative estimate of drug-likeness (QED) is 0.624. The molecule has 0 aromatic heterocycles. The lowest BCUT2D eigenvalue weighted by Gasteiger charge is -2.28. The Morgan fingerprint density at radius 2 is 1.87 bits per heavy atom. The van der Waals surface area contributed by atoms with Crippen LogP contribution in [0.5, 0.6) is 5.75 Å². The van der Waals surface area contributed by atoms with E-state index in [1.54, 1.807) is 0 Å². The molecule has 1 aliphatic rings. The molecule has 1 N–H and O–H groups in total. The molecule has 2 amide bonds. The Bertz CT molecular complexity index is 932. The first-order chi connectivity index (χ1) is 14.7. The van der Waals surface area contributed by atoms with Gasteiger partial charge in [-0.3, -0.25) is 9.59 Å². The number of aryl methyl sites for hydroxylation is 1. The maximum absolute atomic E-state index is 13.2. The van der Waals surface area contributed by atoms with Crippen LogP contribution < -0.4 is 15.0 Å². The number of nitrogens with one attached hydrogen (secondary N) is 1. The van der Waals surface area contributed by atoms with E-state index in [2.05, 4.69) is 26.1 Å². The molecule has 2 aromatic rings. The molecule has 0 fully saturated rings. The van der Waals surface area contributed by atoms with Crippen molar-refractivity contribution >= 4 is 23.2 Å². The smallest absolute Gasteiger partial charge is 0.255 e. The highest BCUT2D eigenvalue weighted by Gasteiger charge is 2.37. The normalized spacial score (nSPS) is 15.3. The van der Waals surface area contributed by atoms with Crippen molar-refractivity contribution in [2.24, 2.45) is 11.3 Å². The lowest BCUT2D eigenvalue weighted by molar-refractivity contribution is -0.127. The largest absolute Gasteiger partial charge is 0.490 e. The van der Waals surface area contributed by atoms with Gasteiger partial charge in [0.2, 0.25) is 5.91 Å². The molecule has 1 heterocycles. The number of anilines is 2. The summed E-state index contributed by atoms with van der Waals surface area (Å²) in [6.07, 6.45) is 2.97. The van der Waals surface area contributed by atoms with E-state index in [-0.39, 0.29) is 11.8 Å². The summed E-state index contributed by atoms with van der Waals surface area (Å²) in [4.78, 5) is 27.8. The Hall–Kier alpha value is -2.82. The number of carbonyl (C=O) groups is 2. The number of benzene rings is 2. The molecule has 0 atom stereocenters. The summed E-state index contributed by atoms with van der Waals surface area (Å²) in [5, 5.41) is 2.97. The maximum Gasteiger partial charge on any atom is 0.255 e. The van der Waals surface area contributed by atoms with Crippen LogP contribution in [0.15, 0.2) is 42.5 Å². The first kappa shape index (κ1) is 22.9. The van der Waals surface area contributed by atoms with Crippen LogP contribution in [-0.2, 0) is 11.2 Å². The molecule has 1 aliphatic heterocycles. The predicted octanol–water partition coefficient (Wildman–Crippen LogP) is 5.69. The van der Waals surface area contributed by atoms with Gasteiger partial charge >= 0.3 is 0 Å². The molecule has 0 saturated heterocycles. The van der Waals surface area contributed by atoms with E-state index < -0.39 is 5.41 Å². The summed E-state index contributed by atoms with van der Waals surface area (Å²) >= 11 is 0. The number of nitrogens with zero attached hydrogens (tertiary/aromatic N) is 1. The molecule has 0 aliphatic carbocycles. The Balaban J connectivity index is 1.85. The molecular weight excluding hydrogens is 388 g/mol. The number of ether oxygens (including phenoxy) is 1. The standard InChI is InChI=1S/C26H34N2O3/c1-6-7-19-8-10-20(11-9-19)24(29)27-21-12-13-23-22(16-21)28(15-14-18(2)3)25(30)26(4,5)17-31-23/h8-13,16,18H,6-7,14-15,17H2,1-5H3,(H,27,29). The second-order valence-corrected chi connectivity index (χ2v) is 9.40. The Kier molecular flexibility index (Phi) is 7.04. The van der Waals surface area contributed by atoms with Gasteiger partial charge in [0.1, 0.15) is 12.4 Å². The van der Waals surface area contributed by atoms with Crippen LogP contribution in [0.25, 0.3) is 0 Å². The average molecular weight is 423 g/mol. The molecular formula is C26H34N2O3. The number of carbonyl (C=O) groups excluding carboxylic acids is 2. The number of rotatable bonds is 7. The van der Waals surface area contributed by atoms with Crippen LogP contribution in [0, 0.1) is 11.3 Å². The molecule has 166 valence electrons. The van der Waals surface area contributed by atoms with E-state index in [0.717, 1.165) is 19.3 Å². The molecule has 0 bridgehead atoms. The second-order valence-electron chi connectivity index (χ2n) is 9.40. The van der Waals surface area contributed by atoms with E-state index in [9.17, 15) is 9.59 Å². The molecule has 0 radical (unpaired) electrons. The van der Waals surface area contributed by atoms with Crippen molar-refractivity contribution in [2.75, 3.05) is 23.4 Å². The Morgan fingerprint density at radius 1 is 1.16 bits per heavy atom. The van der Waals surface area contributed by atoms with Gasteiger partial charge in [-0.15, -0.1) is 0 Å². The number of amides is 2. The van der Waals surface area contributed by atoms with E-state index in [0.29, 0.717) is 41.8 Å². The van der Waals surface area contributed by atoms with Crippen molar-refractivity contribution in [3.05, 3.63) is 53.6 Å². The number of hydrogen-bond acceptors (Lipinski definition) is 3. The summed E-state index contributed by atoms with van der Waals surface area (Å²) in [6.45, 7) is 11.2. The van der Waals surface area contributed by atoms with Crippen molar-refractivity contribution in [2.45, 2.75) is 53.9 Å². The number of hydrogen-bond donors (Lipinski definition) is 1. The zero-order chi connectivity index (χ0) is 22.6. The van der Waals surface area contributed by atoms with Crippen LogP contribution >= 0.6 is 0 Å². The van der Waals surface area contributed by atoms with Gasteiger partial charge in [0, 0.05) is 17.8 Å². The van der Waals surface area contributed by atoms with Crippen LogP contribution in [0.2, 0.25) is 0 Å². The fourth-order valence-corrected chi connectivity index (χ4v) is 3.65. The molecule has 31 heavy (non-hydrogen) atoms. The summed E-state index contributed by atoms with van der Waals surface area (Å²) in [5.41, 5.74) is 2.59. The Morgan fingerprint density at radius 3 is 2.52 bits per heavy atom. The SMILES string of the molecule is CCCc1ccc(C(=O)Nc2ccc3c(c2)N(CCC(C)C)C(=O)C(C)(C)CO3)cc1. The second kappa shape index (κ2) is 9.54. The van der Waals surface area contributed by atoms with E-state index in [1.807, 2.05) is 61.2 Å². The zero-order valence-electron chi connectivity index (χ0n) is 19.3. The van der Waals surface area contributed by atoms with E-state index in [1.165, 1.54) is 5.56 Å². The average Bonchev–Trinajstić information content (AvgIpc) is 2.82. The van der Waals surface area contributed by atoms with Gasteiger partial charge in [-0.25, -0.2) is 0 Å². The van der Waals surface area contributed by atoms with E-state index in [4.69, 9.17) is 4.74 Å². The number of fused-ring (bicyclic) bond motifs is 1. The van der Waals surface area contributed by atoms with Crippen LogP contribution in [0.1, 0.15) is 63.4 Å². The van der Waals surface area contributed by atoms with Crippen molar-refractivity contribution in [3.8, 4) is 5.75 Å². The highest BCUT2D eigenvalue weighted by atomic mass is 16.5. The fraction of sp³-hybridized carbons (Fsp3) is 0.462. The Labute approximate surface area is 185 Å². The lowest BCUT2D eigenvalue weighted by atomic mass is 9.92. The van der Waals surface area contributed by atoms with Gasteiger partial charge in [0.05, 0.1) is 11.1 Å². The van der Waals surface area contributed by atoms with Gasteiger partial charge in [-0.05, 0) is 68.5 Å². The molecule has 0 unspecified atom stereocenters. The minimum Gasteiger partial charge on any atom is -0.490 e. The topological polar surface area (TPSA) is 58.6 Å². The van der Waals surface area contributed by atoms with Gasteiger partial charge in [0.15, 0.2) is 0 Å². The molecule has 0 saturated carbocycles. The maximum atomic E-state index is 13.2. The highest BCUT2D eigenvalue weighted by molar-refractivity contribution is 6.05. The zero-order valence-corrected chi connectivity index (χ0v) is 19.3. The first-order valence-electron chi connectivity index (χ1n) is 11.2.